The molecule has 0 N–H and O–H groups in total. The van der Waals surface area contributed by atoms with Crippen LogP contribution in [-0.4, -0.2) is 96.0 Å². The molecule has 10 atom stereocenters. The van der Waals surface area contributed by atoms with Gasteiger partial charge in [-0.1, -0.05) is 98.8 Å². The smallest absolute Gasteiger partial charge is 0.458 e. The van der Waals surface area contributed by atoms with E-state index in [4.69, 9.17) is 37.9 Å². The number of carbonyl (C=O) groups excluding carboxylic acids is 7. The molecule has 340 valence electrons. The van der Waals surface area contributed by atoms with Gasteiger partial charge in [0.2, 0.25) is 0 Å². The quantitative estimate of drug-likeness (QED) is 0.0691. The van der Waals surface area contributed by atoms with Crippen molar-refractivity contribution in [3.63, 3.8) is 0 Å². The summed E-state index contributed by atoms with van der Waals surface area (Å²) < 4.78 is 50.1. The van der Waals surface area contributed by atoms with Crippen molar-refractivity contribution in [3.05, 3.63) is 124 Å². The topological polar surface area (TPSA) is 193 Å². The Morgan fingerprint density at radius 1 is 0.785 bits per heavy atom. The van der Waals surface area contributed by atoms with Crippen LogP contribution in [0.1, 0.15) is 81.9 Å². The molecule has 0 unspecified atom stereocenters. The lowest BCUT2D eigenvalue weighted by atomic mass is 9.44. The van der Waals surface area contributed by atoms with Gasteiger partial charge in [-0.3, -0.25) is 24.0 Å². The van der Waals surface area contributed by atoms with Gasteiger partial charge >= 0.3 is 30.0 Å². The van der Waals surface area contributed by atoms with Crippen molar-refractivity contribution >= 4 is 47.7 Å². The first kappa shape index (κ1) is 45.1. The molecule has 2 heterocycles. The molecule has 1 spiro atoms. The molecule has 3 aromatic carbocycles. The van der Waals surface area contributed by atoms with Gasteiger partial charge in [-0.05, 0) is 42.2 Å². The summed E-state index contributed by atoms with van der Waals surface area (Å²) in [5.41, 5.74) is -4.59. The summed E-state index contributed by atoms with van der Waals surface area (Å²) >= 11 is 0. The van der Waals surface area contributed by atoms with Crippen molar-refractivity contribution < 1.29 is 71.5 Å². The van der Waals surface area contributed by atoms with Crippen LogP contribution in [0.2, 0.25) is 0 Å². The predicted octanol–water partition coefficient (Wildman–Crippen LogP) is 6.23. The SMILES string of the molecule is CC(=O)O[C@H]1C(=O)[C@]2(C)[C@@H](OC(=O)/C=C/c3ccc(C(=O)c4ccccc4)cc3)C[C@H]3OC[C@@]3(OC(C)=O)[C@H]2[C@H](OCc2ccccc2)[C@]23OC(=O)O[C@H]2[C@H](OC(C)=O)C(C)=C1C3(C)C. The maximum Gasteiger partial charge on any atom is 0.509 e. The zero-order valence-corrected chi connectivity index (χ0v) is 37.0. The predicted molar refractivity (Wildman–Crippen MR) is 227 cm³/mol. The number of rotatable bonds is 11. The summed E-state index contributed by atoms with van der Waals surface area (Å²) in [5, 5.41) is 0. The largest absolute Gasteiger partial charge is 0.509 e. The van der Waals surface area contributed by atoms with E-state index in [2.05, 4.69) is 0 Å². The zero-order valence-electron chi connectivity index (χ0n) is 37.0. The summed E-state index contributed by atoms with van der Waals surface area (Å²) in [5.74, 6) is -5.50. The first-order chi connectivity index (χ1) is 30.8. The highest BCUT2D eigenvalue weighted by Crippen LogP contribution is 2.67. The normalized spacial score (nSPS) is 31.9. The molecule has 0 amide bonds. The fourth-order valence-electron chi connectivity index (χ4n) is 11.0. The van der Waals surface area contributed by atoms with Crippen LogP contribution in [0.4, 0.5) is 4.79 Å². The Hall–Kier alpha value is -6.45. The van der Waals surface area contributed by atoms with Crippen molar-refractivity contribution in [2.24, 2.45) is 16.7 Å². The number of hydrogen-bond acceptors (Lipinski definition) is 15. The zero-order chi connectivity index (χ0) is 46.6. The van der Waals surface area contributed by atoms with Crippen LogP contribution in [0, 0.1) is 16.7 Å². The van der Waals surface area contributed by atoms with Crippen LogP contribution in [0.25, 0.3) is 6.08 Å². The molecule has 3 aliphatic carbocycles. The fourth-order valence-corrected chi connectivity index (χ4v) is 11.0. The molecule has 2 saturated carbocycles. The molecule has 15 nitrogen and oxygen atoms in total. The van der Waals surface area contributed by atoms with Gasteiger partial charge in [0.25, 0.3) is 0 Å². The van der Waals surface area contributed by atoms with Crippen molar-refractivity contribution in [1.29, 1.82) is 0 Å². The molecule has 4 fully saturated rings. The van der Waals surface area contributed by atoms with Crippen LogP contribution in [0.5, 0.6) is 0 Å². The van der Waals surface area contributed by atoms with E-state index < -0.39 is 100 Å². The number of Topliss-reactive ketones (excluding diaryl/α,β-unsaturated/α-hetero) is 1. The van der Waals surface area contributed by atoms with Gasteiger partial charge in [-0.25, -0.2) is 9.59 Å². The lowest BCUT2D eigenvalue weighted by molar-refractivity contribution is -0.351. The van der Waals surface area contributed by atoms with Crippen molar-refractivity contribution in [2.75, 3.05) is 6.61 Å². The fraction of sp³-hybridized carbons (Fsp3) is 0.420. The van der Waals surface area contributed by atoms with E-state index in [0.717, 1.165) is 6.92 Å². The summed E-state index contributed by atoms with van der Waals surface area (Å²) in [7, 11) is 0. The Morgan fingerprint density at radius 3 is 2.02 bits per heavy atom. The number of esters is 4. The molecule has 65 heavy (non-hydrogen) atoms. The van der Waals surface area contributed by atoms with Gasteiger partial charge in [-0.15, -0.1) is 0 Å². The van der Waals surface area contributed by atoms with Crippen molar-refractivity contribution in [1.82, 2.24) is 0 Å². The van der Waals surface area contributed by atoms with Crippen molar-refractivity contribution in [2.45, 2.75) is 109 Å². The molecule has 0 radical (unpaired) electrons. The maximum absolute atomic E-state index is 16.1. The molecule has 8 rings (SSSR count). The van der Waals surface area contributed by atoms with E-state index in [1.54, 1.807) is 81.4 Å². The van der Waals surface area contributed by atoms with Gasteiger partial charge in [0.05, 0.1) is 24.5 Å². The third-order valence-corrected chi connectivity index (χ3v) is 13.8. The average Bonchev–Trinajstić information content (AvgIpc) is 3.63. The number of hydrogen-bond donors (Lipinski definition) is 0. The first-order valence-corrected chi connectivity index (χ1v) is 21.4. The Bertz CT molecular complexity index is 2490. The Morgan fingerprint density at radius 2 is 1.42 bits per heavy atom. The summed E-state index contributed by atoms with van der Waals surface area (Å²) in [6.07, 6.45) is -7.03. The van der Waals surface area contributed by atoms with E-state index >= 15 is 4.79 Å². The average molecular weight is 891 g/mol. The molecular formula is C50H50O15. The summed E-state index contributed by atoms with van der Waals surface area (Å²) in [6.45, 7) is 9.65. The first-order valence-electron chi connectivity index (χ1n) is 21.4. The highest BCUT2D eigenvalue weighted by molar-refractivity contribution is 6.09. The minimum absolute atomic E-state index is 0.136. The molecule has 0 aromatic heterocycles. The number of carbonyl (C=O) groups is 7. The summed E-state index contributed by atoms with van der Waals surface area (Å²) in [4.78, 5) is 96.3. The summed E-state index contributed by atoms with van der Waals surface area (Å²) in [6, 6.07) is 24.5. The number of fused-ring (bicyclic) bond motifs is 4. The van der Waals surface area contributed by atoms with Crippen LogP contribution >= 0.6 is 0 Å². The minimum atomic E-state index is -2.02. The second-order valence-corrected chi connectivity index (χ2v) is 17.9. The molecule has 2 bridgehead atoms. The lowest BCUT2D eigenvalue weighted by Crippen LogP contribution is -2.83. The maximum atomic E-state index is 16.1. The molecule has 5 aliphatic rings. The molecule has 15 heteroatoms. The van der Waals surface area contributed by atoms with Crippen LogP contribution in [-0.2, 0) is 68.5 Å². The van der Waals surface area contributed by atoms with Crippen LogP contribution in [0.15, 0.2) is 102 Å². The molecular weight excluding hydrogens is 841 g/mol. The standard InChI is InChI=1S/C50H50O15/c1-27-38-41(61-29(3)52)43(56)48(7)35(62-37(54)23-20-31-18-21-34(22-19-31)39(55)33-16-12-9-13-17-33)24-36-49(26-59-36,64-30(4)53)42(48)45(58-25-32-14-10-8-11-15-32)50(47(38,5)6)44(63-46(57)65-50)40(27)60-28(2)51/h8-23,35-36,40-42,44-45H,24-26H2,1-7H3/b23-20+/t35-,36+,40+,41+,42-,44-,45-,48+,49-,50+/m0/s1. The molecule has 3 aromatic rings. The van der Waals surface area contributed by atoms with Crippen LogP contribution in [0.3, 0.4) is 0 Å². The molecule has 2 saturated heterocycles. The minimum Gasteiger partial charge on any atom is -0.458 e. The van der Waals surface area contributed by atoms with E-state index in [9.17, 15) is 28.8 Å². The van der Waals surface area contributed by atoms with E-state index in [-0.39, 0.29) is 36.6 Å². The second-order valence-electron chi connectivity index (χ2n) is 17.9. The van der Waals surface area contributed by atoms with Gasteiger partial charge < -0.3 is 37.9 Å². The van der Waals surface area contributed by atoms with Crippen molar-refractivity contribution in [3.8, 4) is 0 Å². The number of ketones is 2. The van der Waals surface area contributed by atoms with Gasteiger partial charge in [0.15, 0.2) is 41.1 Å². The van der Waals surface area contributed by atoms with Gasteiger partial charge in [0.1, 0.15) is 18.3 Å². The van der Waals surface area contributed by atoms with E-state index in [0.29, 0.717) is 22.3 Å². The van der Waals surface area contributed by atoms with E-state index in [1.807, 2.05) is 24.3 Å². The molecule has 2 aliphatic heterocycles. The van der Waals surface area contributed by atoms with E-state index in [1.165, 1.54) is 32.9 Å². The monoisotopic (exact) mass is 890 g/mol. The second kappa shape index (κ2) is 16.8. The Labute approximate surface area is 375 Å². The lowest BCUT2D eigenvalue weighted by Gasteiger charge is -2.67. The number of ether oxygens (including phenoxy) is 8. The Balaban J connectivity index is 1.29. The third kappa shape index (κ3) is 7.43. The van der Waals surface area contributed by atoms with Crippen LogP contribution < -0.4 is 0 Å². The number of benzene rings is 3. The highest BCUT2D eigenvalue weighted by Gasteiger charge is 2.83. The third-order valence-electron chi connectivity index (χ3n) is 13.8. The van der Waals surface area contributed by atoms with Gasteiger partial charge in [-0.2, -0.15) is 0 Å². The van der Waals surface area contributed by atoms with Gasteiger partial charge in [0, 0.05) is 49.8 Å². The highest BCUT2D eigenvalue weighted by atomic mass is 16.8. The Kier molecular flexibility index (Phi) is 11.7.